The maximum absolute atomic E-state index is 11.6. The van der Waals surface area contributed by atoms with Crippen LogP contribution < -0.4 is 0 Å². The molecule has 1 aliphatic rings. The van der Waals surface area contributed by atoms with E-state index in [9.17, 15) is 4.79 Å². The van der Waals surface area contributed by atoms with Crippen LogP contribution in [0.5, 0.6) is 0 Å². The van der Waals surface area contributed by atoms with Crippen molar-refractivity contribution >= 4 is 5.97 Å². The molecule has 1 saturated heterocycles. The average Bonchev–Trinajstić information content (AvgIpc) is 2.76. The Morgan fingerprint density at radius 1 is 0.727 bits per heavy atom. The van der Waals surface area contributed by atoms with Crippen LogP contribution in [-0.2, 0) is 33.2 Å². The van der Waals surface area contributed by atoms with Gasteiger partial charge in [-0.25, -0.2) is 0 Å². The van der Waals surface area contributed by atoms with Crippen molar-refractivity contribution in [2.75, 3.05) is 105 Å². The van der Waals surface area contributed by atoms with Crippen molar-refractivity contribution in [2.45, 2.75) is 32.8 Å². The third-order valence-electron chi connectivity index (χ3n) is 4.74. The van der Waals surface area contributed by atoms with Crippen molar-refractivity contribution in [2.24, 2.45) is 0 Å². The SMILES string of the molecule is C#CCOCCOCCOCCOCCN1CCN(CCOCCC(=O)OC(C)(C)C)CC1. The number of piperazine rings is 1. The van der Waals surface area contributed by atoms with E-state index in [1.807, 2.05) is 20.8 Å². The molecule has 0 radical (unpaired) electrons. The Labute approximate surface area is 199 Å². The summed E-state index contributed by atoms with van der Waals surface area (Å²) in [7, 11) is 0. The van der Waals surface area contributed by atoms with Crippen LogP contribution in [0.15, 0.2) is 0 Å². The molecule has 1 heterocycles. The molecule has 192 valence electrons. The highest BCUT2D eigenvalue weighted by Gasteiger charge is 2.17. The van der Waals surface area contributed by atoms with Crippen molar-refractivity contribution < 1.29 is 33.2 Å². The van der Waals surface area contributed by atoms with Crippen LogP contribution in [0.25, 0.3) is 0 Å². The van der Waals surface area contributed by atoms with Gasteiger partial charge in [0, 0.05) is 39.3 Å². The minimum atomic E-state index is -0.440. The number of rotatable bonds is 19. The quantitative estimate of drug-likeness (QED) is 0.156. The Bertz CT molecular complexity index is 526. The highest BCUT2D eigenvalue weighted by atomic mass is 16.6. The van der Waals surface area contributed by atoms with Crippen LogP contribution >= 0.6 is 0 Å². The van der Waals surface area contributed by atoms with Crippen LogP contribution in [0.4, 0.5) is 0 Å². The van der Waals surface area contributed by atoms with E-state index in [1.54, 1.807) is 0 Å². The number of ether oxygens (including phenoxy) is 6. The van der Waals surface area contributed by atoms with Gasteiger partial charge in [0.15, 0.2) is 0 Å². The summed E-state index contributed by atoms with van der Waals surface area (Å²) in [5.74, 6) is 2.20. The lowest BCUT2D eigenvalue weighted by Crippen LogP contribution is -2.48. The van der Waals surface area contributed by atoms with Crippen LogP contribution in [-0.4, -0.2) is 127 Å². The fourth-order valence-electron chi connectivity index (χ4n) is 3.06. The van der Waals surface area contributed by atoms with Gasteiger partial charge in [-0.1, -0.05) is 5.92 Å². The third-order valence-corrected chi connectivity index (χ3v) is 4.74. The molecule has 0 spiro atoms. The number of hydrogen-bond donors (Lipinski definition) is 0. The molecule has 1 fully saturated rings. The molecule has 0 aromatic heterocycles. The zero-order valence-electron chi connectivity index (χ0n) is 20.9. The molecule has 0 bridgehead atoms. The van der Waals surface area contributed by atoms with Gasteiger partial charge in [0.1, 0.15) is 12.2 Å². The summed E-state index contributed by atoms with van der Waals surface area (Å²) in [6.45, 7) is 16.9. The van der Waals surface area contributed by atoms with E-state index in [0.717, 1.165) is 39.3 Å². The largest absolute Gasteiger partial charge is 0.460 e. The van der Waals surface area contributed by atoms with Crippen LogP contribution in [0, 0.1) is 12.3 Å². The second-order valence-electron chi connectivity index (χ2n) is 8.73. The maximum Gasteiger partial charge on any atom is 0.308 e. The molecule has 1 aliphatic heterocycles. The van der Waals surface area contributed by atoms with Gasteiger partial charge in [-0.2, -0.15) is 0 Å². The lowest BCUT2D eigenvalue weighted by Gasteiger charge is -2.34. The molecule has 0 saturated carbocycles. The van der Waals surface area contributed by atoms with Gasteiger partial charge in [0.2, 0.25) is 0 Å². The number of carbonyl (C=O) groups excluding carboxylic acids is 1. The predicted octanol–water partition coefficient (Wildman–Crippen LogP) is 1.05. The summed E-state index contributed by atoms with van der Waals surface area (Å²) in [5.41, 5.74) is -0.440. The van der Waals surface area contributed by atoms with Crippen molar-refractivity contribution in [3.8, 4) is 12.3 Å². The molecular weight excluding hydrogens is 428 g/mol. The molecule has 0 aromatic rings. The molecule has 0 aromatic carbocycles. The van der Waals surface area contributed by atoms with E-state index in [0.29, 0.717) is 72.5 Å². The van der Waals surface area contributed by atoms with E-state index in [2.05, 4.69) is 15.7 Å². The van der Waals surface area contributed by atoms with E-state index >= 15 is 0 Å². The Kier molecular flexibility index (Phi) is 17.2. The first-order chi connectivity index (χ1) is 15.9. The first-order valence-corrected chi connectivity index (χ1v) is 11.9. The molecule has 0 amide bonds. The van der Waals surface area contributed by atoms with Gasteiger partial charge in [-0.05, 0) is 20.8 Å². The number of hydrogen-bond acceptors (Lipinski definition) is 9. The minimum absolute atomic E-state index is 0.211. The Balaban J connectivity index is 1.85. The highest BCUT2D eigenvalue weighted by Crippen LogP contribution is 2.08. The van der Waals surface area contributed by atoms with Crippen molar-refractivity contribution in [3.63, 3.8) is 0 Å². The number of nitrogens with zero attached hydrogens (tertiary/aromatic N) is 2. The fraction of sp³-hybridized carbons (Fsp3) is 0.875. The zero-order valence-corrected chi connectivity index (χ0v) is 20.9. The van der Waals surface area contributed by atoms with Crippen molar-refractivity contribution in [1.29, 1.82) is 0 Å². The maximum atomic E-state index is 11.6. The summed E-state index contributed by atoms with van der Waals surface area (Å²) < 4.78 is 32.5. The zero-order chi connectivity index (χ0) is 24.2. The number of terminal acetylenes is 1. The van der Waals surface area contributed by atoms with Crippen LogP contribution in [0.1, 0.15) is 27.2 Å². The fourth-order valence-corrected chi connectivity index (χ4v) is 3.06. The van der Waals surface area contributed by atoms with Crippen molar-refractivity contribution in [3.05, 3.63) is 0 Å². The van der Waals surface area contributed by atoms with Gasteiger partial charge in [-0.15, -0.1) is 6.42 Å². The van der Waals surface area contributed by atoms with Gasteiger partial charge in [0.25, 0.3) is 0 Å². The molecule has 1 rings (SSSR count). The summed E-state index contributed by atoms with van der Waals surface area (Å²) in [4.78, 5) is 16.5. The van der Waals surface area contributed by atoms with Gasteiger partial charge < -0.3 is 28.4 Å². The molecule has 9 heteroatoms. The highest BCUT2D eigenvalue weighted by molar-refractivity contribution is 5.69. The number of carbonyl (C=O) groups is 1. The van der Waals surface area contributed by atoms with Gasteiger partial charge >= 0.3 is 5.97 Å². The first-order valence-electron chi connectivity index (χ1n) is 11.9. The first kappa shape index (κ1) is 29.8. The van der Waals surface area contributed by atoms with Crippen LogP contribution in [0.3, 0.4) is 0 Å². The van der Waals surface area contributed by atoms with E-state index in [4.69, 9.17) is 34.8 Å². The Hall–Kier alpha value is -1.25. The lowest BCUT2D eigenvalue weighted by molar-refractivity contribution is -0.156. The minimum Gasteiger partial charge on any atom is -0.460 e. The third kappa shape index (κ3) is 18.8. The molecular formula is C24H44N2O7. The van der Waals surface area contributed by atoms with E-state index < -0.39 is 5.60 Å². The summed E-state index contributed by atoms with van der Waals surface area (Å²) >= 11 is 0. The van der Waals surface area contributed by atoms with Gasteiger partial charge in [0.05, 0.1) is 65.9 Å². The standard InChI is InChI=1S/C24H44N2O7/c1-5-13-28-17-19-31-21-22-32-20-18-30-16-12-26-9-7-25(8-10-26)11-15-29-14-6-23(27)33-24(2,3)4/h1H,6-22H2,2-4H3. The lowest BCUT2D eigenvalue weighted by atomic mass is 10.2. The normalized spacial score (nSPS) is 15.5. The smallest absolute Gasteiger partial charge is 0.308 e. The second-order valence-corrected chi connectivity index (χ2v) is 8.73. The second kappa shape index (κ2) is 19.1. The molecule has 9 nitrogen and oxygen atoms in total. The van der Waals surface area contributed by atoms with E-state index in [-0.39, 0.29) is 5.97 Å². The Morgan fingerprint density at radius 2 is 1.15 bits per heavy atom. The molecule has 33 heavy (non-hydrogen) atoms. The van der Waals surface area contributed by atoms with Crippen LogP contribution in [0.2, 0.25) is 0 Å². The van der Waals surface area contributed by atoms with Crippen molar-refractivity contribution in [1.82, 2.24) is 9.80 Å². The summed E-state index contributed by atoms with van der Waals surface area (Å²) in [5, 5.41) is 0. The monoisotopic (exact) mass is 472 g/mol. The summed E-state index contributed by atoms with van der Waals surface area (Å²) in [6, 6.07) is 0. The average molecular weight is 473 g/mol. The van der Waals surface area contributed by atoms with Gasteiger partial charge in [-0.3, -0.25) is 14.6 Å². The molecule has 0 N–H and O–H groups in total. The molecule has 0 unspecified atom stereocenters. The molecule has 0 atom stereocenters. The number of esters is 1. The molecule has 0 aliphatic carbocycles. The summed E-state index contributed by atoms with van der Waals surface area (Å²) in [6.07, 6.45) is 5.38. The predicted molar refractivity (Wildman–Crippen MR) is 126 cm³/mol. The topological polar surface area (TPSA) is 78.9 Å². The Morgan fingerprint density at radius 3 is 1.61 bits per heavy atom. The van der Waals surface area contributed by atoms with E-state index in [1.165, 1.54) is 0 Å².